The van der Waals surface area contributed by atoms with Crippen molar-refractivity contribution < 1.29 is 14.6 Å². The molecule has 1 saturated heterocycles. The van der Waals surface area contributed by atoms with Crippen LogP contribution in [0.1, 0.15) is 36.8 Å². The highest BCUT2D eigenvalue weighted by Crippen LogP contribution is 2.21. The van der Waals surface area contributed by atoms with Crippen molar-refractivity contribution in [1.29, 1.82) is 0 Å². The van der Waals surface area contributed by atoms with Crippen LogP contribution in [0.2, 0.25) is 0 Å². The van der Waals surface area contributed by atoms with Gasteiger partial charge < -0.3 is 14.7 Å². The first-order valence-electron chi connectivity index (χ1n) is 7.29. The average Bonchev–Trinajstić information content (AvgIpc) is 2.70. The summed E-state index contributed by atoms with van der Waals surface area (Å²) in [7, 11) is 1.59. The van der Waals surface area contributed by atoms with Gasteiger partial charge in [0.1, 0.15) is 12.4 Å². The van der Waals surface area contributed by atoms with Crippen molar-refractivity contribution in [2.75, 3.05) is 20.3 Å². The molecule has 1 aromatic rings. The fraction of sp³-hybridized carbons (Fsp3) is 0.471. The molecule has 0 aromatic heterocycles. The SMILES string of the molecule is COc1ccc(CN2CCCCCC2=O)cc1C#CCO. The highest BCUT2D eigenvalue weighted by atomic mass is 16.5. The molecule has 0 spiro atoms. The fourth-order valence-electron chi connectivity index (χ4n) is 2.51. The lowest BCUT2D eigenvalue weighted by Gasteiger charge is -2.21. The summed E-state index contributed by atoms with van der Waals surface area (Å²) in [5, 5.41) is 8.82. The van der Waals surface area contributed by atoms with Crippen LogP contribution < -0.4 is 4.74 Å². The van der Waals surface area contributed by atoms with Crippen LogP contribution in [0.5, 0.6) is 5.75 Å². The van der Waals surface area contributed by atoms with Crippen LogP contribution in [0, 0.1) is 11.8 Å². The Morgan fingerprint density at radius 2 is 2.19 bits per heavy atom. The van der Waals surface area contributed by atoms with Crippen molar-refractivity contribution in [2.24, 2.45) is 0 Å². The van der Waals surface area contributed by atoms with Gasteiger partial charge >= 0.3 is 0 Å². The molecule has 0 aliphatic carbocycles. The Morgan fingerprint density at radius 3 is 2.95 bits per heavy atom. The van der Waals surface area contributed by atoms with E-state index in [0.717, 1.165) is 36.9 Å². The molecular weight excluding hydrogens is 266 g/mol. The van der Waals surface area contributed by atoms with Gasteiger partial charge in [-0.25, -0.2) is 0 Å². The second kappa shape index (κ2) is 7.70. The maximum Gasteiger partial charge on any atom is 0.222 e. The Kier molecular flexibility index (Phi) is 5.65. The molecule has 4 nitrogen and oxygen atoms in total. The molecule has 1 amide bonds. The predicted octanol–water partition coefficient (Wildman–Crippen LogP) is 1.94. The van der Waals surface area contributed by atoms with Crippen LogP contribution in [-0.2, 0) is 11.3 Å². The van der Waals surface area contributed by atoms with E-state index in [-0.39, 0.29) is 12.5 Å². The van der Waals surface area contributed by atoms with E-state index in [2.05, 4.69) is 11.8 Å². The van der Waals surface area contributed by atoms with Crippen molar-refractivity contribution in [2.45, 2.75) is 32.2 Å². The summed E-state index contributed by atoms with van der Waals surface area (Å²) in [5.74, 6) is 6.43. The molecule has 0 unspecified atom stereocenters. The second-order valence-corrected chi connectivity index (χ2v) is 5.12. The molecule has 21 heavy (non-hydrogen) atoms. The molecule has 1 fully saturated rings. The lowest BCUT2D eigenvalue weighted by molar-refractivity contribution is -0.131. The molecule has 1 aliphatic heterocycles. The molecule has 1 aromatic carbocycles. The Balaban J connectivity index is 2.17. The Hall–Kier alpha value is -1.99. The van der Waals surface area contributed by atoms with Crippen molar-refractivity contribution >= 4 is 5.91 Å². The topological polar surface area (TPSA) is 49.8 Å². The lowest BCUT2D eigenvalue weighted by Crippen LogP contribution is -2.29. The van der Waals surface area contributed by atoms with Crippen LogP contribution in [0.3, 0.4) is 0 Å². The number of carbonyl (C=O) groups excluding carboxylic acids is 1. The normalized spacial score (nSPS) is 15.1. The third-order valence-electron chi connectivity index (χ3n) is 3.61. The van der Waals surface area contributed by atoms with E-state index in [0.29, 0.717) is 18.7 Å². The molecule has 112 valence electrons. The molecule has 1 N–H and O–H groups in total. The molecule has 1 aliphatic rings. The minimum Gasteiger partial charge on any atom is -0.495 e. The molecular formula is C17H21NO3. The van der Waals surface area contributed by atoms with Crippen LogP contribution in [0.25, 0.3) is 0 Å². The van der Waals surface area contributed by atoms with Gasteiger partial charge in [0.2, 0.25) is 5.91 Å². The van der Waals surface area contributed by atoms with Gasteiger partial charge in [-0.1, -0.05) is 24.3 Å². The van der Waals surface area contributed by atoms with Crippen molar-refractivity contribution in [3.8, 4) is 17.6 Å². The van der Waals surface area contributed by atoms with Crippen LogP contribution in [-0.4, -0.2) is 36.2 Å². The molecule has 0 radical (unpaired) electrons. The quantitative estimate of drug-likeness (QED) is 0.864. The molecule has 4 heteroatoms. The van der Waals surface area contributed by atoms with E-state index in [1.165, 1.54) is 0 Å². The van der Waals surface area contributed by atoms with Crippen molar-refractivity contribution in [1.82, 2.24) is 4.90 Å². The number of nitrogens with zero attached hydrogens (tertiary/aromatic N) is 1. The molecule has 1 heterocycles. The van der Waals surface area contributed by atoms with Gasteiger partial charge in [-0.05, 0) is 30.5 Å². The highest BCUT2D eigenvalue weighted by Gasteiger charge is 2.17. The third-order valence-corrected chi connectivity index (χ3v) is 3.61. The number of hydrogen-bond acceptors (Lipinski definition) is 3. The summed E-state index contributed by atoms with van der Waals surface area (Å²) in [4.78, 5) is 14.0. The maximum absolute atomic E-state index is 12.0. The number of methoxy groups -OCH3 is 1. The molecule has 0 atom stereocenters. The standard InChI is InChI=1S/C17H21NO3/c1-21-16-9-8-14(12-15(16)6-5-11-19)13-18-10-4-2-3-7-17(18)20/h8-9,12,19H,2-4,7,10-11,13H2,1H3. The van der Waals surface area contributed by atoms with Crippen LogP contribution >= 0.6 is 0 Å². The number of carbonyl (C=O) groups is 1. The minimum absolute atomic E-state index is 0.183. The number of benzene rings is 1. The summed E-state index contributed by atoms with van der Waals surface area (Å²) in [6, 6.07) is 5.75. The van der Waals surface area contributed by atoms with E-state index in [1.807, 2.05) is 23.1 Å². The predicted molar refractivity (Wildman–Crippen MR) is 80.8 cm³/mol. The van der Waals surface area contributed by atoms with Crippen molar-refractivity contribution in [3.63, 3.8) is 0 Å². The van der Waals surface area contributed by atoms with Gasteiger partial charge in [0.05, 0.1) is 12.7 Å². The van der Waals surface area contributed by atoms with Crippen molar-refractivity contribution in [3.05, 3.63) is 29.3 Å². The zero-order valence-corrected chi connectivity index (χ0v) is 12.4. The maximum atomic E-state index is 12.0. The zero-order valence-electron chi connectivity index (χ0n) is 12.4. The first-order valence-corrected chi connectivity index (χ1v) is 7.29. The first kappa shape index (κ1) is 15.4. The second-order valence-electron chi connectivity index (χ2n) is 5.12. The van der Waals surface area contributed by atoms with Crippen LogP contribution in [0.4, 0.5) is 0 Å². The average molecular weight is 287 g/mol. The first-order chi connectivity index (χ1) is 10.2. The number of ether oxygens (including phenoxy) is 1. The van der Waals surface area contributed by atoms with Gasteiger partial charge in [0.15, 0.2) is 0 Å². The molecule has 0 bridgehead atoms. The molecule has 0 saturated carbocycles. The van der Waals surface area contributed by atoms with E-state index < -0.39 is 0 Å². The van der Waals surface area contributed by atoms with E-state index >= 15 is 0 Å². The summed E-state index contributed by atoms with van der Waals surface area (Å²) < 4.78 is 5.26. The fourth-order valence-corrected chi connectivity index (χ4v) is 2.51. The molecule has 2 rings (SSSR count). The van der Waals surface area contributed by atoms with E-state index in [1.54, 1.807) is 7.11 Å². The van der Waals surface area contributed by atoms with Gasteiger partial charge in [-0.15, -0.1) is 0 Å². The number of likely N-dealkylation sites (tertiary alicyclic amines) is 1. The van der Waals surface area contributed by atoms with E-state index in [4.69, 9.17) is 9.84 Å². The zero-order chi connectivity index (χ0) is 15.1. The number of aliphatic hydroxyl groups excluding tert-OH is 1. The Bertz CT molecular complexity index is 557. The smallest absolute Gasteiger partial charge is 0.222 e. The monoisotopic (exact) mass is 287 g/mol. The minimum atomic E-state index is -0.183. The summed E-state index contributed by atoms with van der Waals surface area (Å²) in [6.07, 6.45) is 3.83. The third kappa shape index (κ3) is 4.24. The van der Waals surface area contributed by atoms with Gasteiger partial charge in [0, 0.05) is 19.5 Å². The Labute approximate surface area is 125 Å². The number of amides is 1. The summed E-state index contributed by atoms with van der Waals surface area (Å²) in [5.41, 5.74) is 1.78. The van der Waals surface area contributed by atoms with E-state index in [9.17, 15) is 4.79 Å². The Morgan fingerprint density at radius 1 is 1.33 bits per heavy atom. The van der Waals surface area contributed by atoms with Crippen LogP contribution in [0.15, 0.2) is 18.2 Å². The van der Waals surface area contributed by atoms with Gasteiger partial charge in [-0.3, -0.25) is 4.79 Å². The lowest BCUT2D eigenvalue weighted by atomic mass is 10.1. The van der Waals surface area contributed by atoms with Gasteiger partial charge in [0.25, 0.3) is 0 Å². The number of aliphatic hydroxyl groups is 1. The largest absolute Gasteiger partial charge is 0.495 e. The van der Waals surface area contributed by atoms with Gasteiger partial charge in [-0.2, -0.15) is 0 Å². The number of hydrogen-bond donors (Lipinski definition) is 1. The number of rotatable bonds is 3. The summed E-state index contributed by atoms with van der Waals surface area (Å²) >= 11 is 0. The highest BCUT2D eigenvalue weighted by molar-refractivity contribution is 5.76. The summed E-state index contributed by atoms with van der Waals surface area (Å²) in [6.45, 7) is 1.25.